The number of phosphoric ester groups is 2. The predicted octanol–water partition coefficient (Wildman–Crippen LogP) is 18.1. The molecular weight excluding hydrogens is 1130 g/mol. The summed E-state index contributed by atoms with van der Waals surface area (Å²) >= 11 is 0. The van der Waals surface area contributed by atoms with E-state index in [2.05, 4.69) is 58.9 Å². The van der Waals surface area contributed by atoms with E-state index in [1.54, 1.807) is 0 Å². The Labute approximate surface area is 516 Å². The van der Waals surface area contributed by atoms with Crippen molar-refractivity contribution in [2.24, 2.45) is 5.92 Å². The van der Waals surface area contributed by atoms with E-state index in [-0.39, 0.29) is 25.7 Å². The van der Waals surface area contributed by atoms with E-state index in [0.29, 0.717) is 25.7 Å². The first-order chi connectivity index (χ1) is 41.0. The number of carbonyl (C=O) groups is 4. The van der Waals surface area contributed by atoms with Crippen LogP contribution in [0.3, 0.4) is 0 Å². The maximum absolute atomic E-state index is 13.0. The molecule has 0 aliphatic rings. The van der Waals surface area contributed by atoms with Gasteiger partial charge >= 0.3 is 39.5 Å². The third kappa shape index (κ3) is 60.2. The lowest BCUT2D eigenvalue weighted by atomic mass is 10.0. The molecule has 0 saturated heterocycles. The van der Waals surface area contributed by atoms with Gasteiger partial charge in [-0.2, -0.15) is 0 Å². The van der Waals surface area contributed by atoms with E-state index in [0.717, 1.165) is 121 Å². The number of esters is 4. The highest BCUT2D eigenvalue weighted by atomic mass is 31.2. The second-order valence-electron chi connectivity index (χ2n) is 23.6. The molecule has 500 valence electrons. The van der Waals surface area contributed by atoms with Crippen LogP contribution >= 0.6 is 15.6 Å². The SMILES string of the molecule is CCCCCC/C=C\C=C/CCCCCCCC(=O)O[C@H](COC(=O)CCCCCCCCCCCCCC)COP(=O)(O)OC[C@@H](O)COP(=O)(O)OC[C@@H](COC(=O)CCCCCCCCC)OC(=O)CCCCCCCCCCC(C)C. The van der Waals surface area contributed by atoms with Gasteiger partial charge in [-0.05, 0) is 57.3 Å². The summed E-state index contributed by atoms with van der Waals surface area (Å²) in [6.45, 7) is 7.06. The molecule has 0 aliphatic carbocycles. The highest BCUT2D eigenvalue weighted by Gasteiger charge is 2.30. The Morgan fingerprint density at radius 3 is 0.965 bits per heavy atom. The van der Waals surface area contributed by atoms with Crippen molar-refractivity contribution in [3.05, 3.63) is 24.3 Å². The van der Waals surface area contributed by atoms with Crippen molar-refractivity contribution in [1.82, 2.24) is 0 Å². The van der Waals surface area contributed by atoms with Gasteiger partial charge in [-0.3, -0.25) is 37.3 Å². The van der Waals surface area contributed by atoms with Gasteiger partial charge in [0.2, 0.25) is 0 Å². The number of carbonyl (C=O) groups excluding carboxylic acids is 4. The van der Waals surface area contributed by atoms with Crippen molar-refractivity contribution >= 4 is 39.5 Å². The molecule has 0 aliphatic heterocycles. The molecule has 5 atom stereocenters. The van der Waals surface area contributed by atoms with Gasteiger partial charge in [0.25, 0.3) is 0 Å². The summed E-state index contributed by atoms with van der Waals surface area (Å²) < 4.78 is 67.9. The van der Waals surface area contributed by atoms with Crippen LogP contribution in [0.2, 0.25) is 0 Å². The topological polar surface area (TPSA) is 237 Å². The lowest BCUT2D eigenvalue weighted by Gasteiger charge is -2.21. The molecule has 0 aromatic rings. The van der Waals surface area contributed by atoms with Crippen LogP contribution in [0.15, 0.2) is 24.3 Å². The van der Waals surface area contributed by atoms with Crippen LogP contribution in [-0.2, 0) is 65.4 Å². The predicted molar refractivity (Wildman–Crippen MR) is 340 cm³/mol. The van der Waals surface area contributed by atoms with E-state index in [1.807, 2.05) is 0 Å². The fraction of sp³-hybridized carbons (Fsp3) is 0.879. The molecule has 2 unspecified atom stereocenters. The molecule has 17 nitrogen and oxygen atoms in total. The smallest absolute Gasteiger partial charge is 0.462 e. The van der Waals surface area contributed by atoms with Crippen LogP contribution in [0.4, 0.5) is 0 Å². The third-order valence-corrected chi connectivity index (χ3v) is 16.6. The molecule has 3 N–H and O–H groups in total. The minimum Gasteiger partial charge on any atom is -0.462 e. The van der Waals surface area contributed by atoms with E-state index >= 15 is 0 Å². The number of unbranched alkanes of at least 4 members (excludes halogenated alkanes) is 33. The molecule has 0 fully saturated rings. The molecule has 0 spiro atoms. The van der Waals surface area contributed by atoms with Crippen molar-refractivity contribution in [3.63, 3.8) is 0 Å². The summed E-state index contributed by atoms with van der Waals surface area (Å²) in [6, 6.07) is 0. The molecular formula is C66H124O17P2. The van der Waals surface area contributed by atoms with Gasteiger partial charge in [0.1, 0.15) is 19.3 Å². The lowest BCUT2D eigenvalue weighted by Crippen LogP contribution is -2.30. The van der Waals surface area contributed by atoms with E-state index in [9.17, 15) is 43.2 Å². The molecule has 0 rings (SSSR count). The van der Waals surface area contributed by atoms with Gasteiger partial charge in [-0.25, -0.2) is 9.13 Å². The van der Waals surface area contributed by atoms with Crippen LogP contribution in [0.1, 0.15) is 311 Å². The Hall–Kier alpha value is -2.46. The highest BCUT2D eigenvalue weighted by Crippen LogP contribution is 2.45. The zero-order valence-electron chi connectivity index (χ0n) is 54.2. The van der Waals surface area contributed by atoms with Gasteiger partial charge in [-0.1, -0.05) is 258 Å². The van der Waals surface area contributed by atoms with Gasteiger partial charge in [0, 0.05) is 25.7 Å². The molecule has 19 heteroatoms. The minimum absolute atomic E-state index is 0.0852. The number of hydrogen-bond donors (Lipinski definition) is 3. The molecule has 0 aromatic heterocycles. The number of hydrogen-bond acceptors (Lipinski definition) is 15. The summed E-state index contributed by atoms with van der Waals surface area (Å²) in [7, 11) is -9.90. The van der Waals surface area contributed by atoms with Crippen molar-refractivity contribution in [1.29, 1.82) is 0 Å². The lowest BCUT2D eigenvalue weighted by molar-refractivity contribution is -0.161. The zero-order valence-corrected chi connectivity index (χ0v) is 56.0. The first-order valence-corrected chi connectivity index (χ1v) is 36.9. The molecule has 0 heterocycles. The number of allylic oxidation sites excluding steroid dienone is 4. The average Bonchev–Trinajstić information content (AvgIpc) is 3.53. The fourth-order valence-corrected chi connectivity index (χ4v) is 11.0. The van der Waals surface area contributed by atoms with Crippen molar-refractivity contribution in [2.75, 3.05) is 39.6 Å². The summed E-state index contributed by atoms with van der Waals surface area (Å²) in [5, 5.41) is 10.5. The molecule has 0 bridgehead atoms. The molecule has 85 heavy (non-hydrogen) atoms. The van der Waals surface area contributed by atoms with Crippen LogP contribution < -0.4 is 0 Å². The van der Waals surface area contributed by atoms with Crippen molar-refractivity contribution in [3.8, 4) is 0 Å². The number of rotatable bonds is 64. The number of aliphatic hydroxyl groups is 1. The van der Waals surface area contributed by atoms with Gasteiger partial charge in [0.15, 0.2) is 12.2 Å². The monoisotopic (exact) mass is 1250 g/mol. The number of phosphoric acid groups is 2. The molecule has 0 amide bonds. The first-order valence-electron chi connectivity index (χ1n) is 34.0. The maximum Gasteiger partial charge on any atom is 0.472 e. The Bertz CT molecular complexity index is 1740. The third-order valence-electron chi connectivity index (χ3n) is 14.7. The Balaban J connectivity index is 5.25. The second-order valence-corrected chi connectivity index (χ2v) is 26.6. The molecule has 0 aromatic carbocycles. The largest absolute Gasteiger partial charge is 0.472 e. The van der Waals surface area contributed by atoms with Crippen molar-refractivity contribution in [2.45, 2.75) is 329 Å². The fourth-order valence-electron chi connectivity index (χ4n) is 9.40. The van der Waals surface area contributed by atoms with E-state index < -0.39 is 97.5 Å². The summed E-state index contributed by atoms with van der Waals surface area (Å²) in [5.74, 6) is -1.45. The van der Waals surface area contributed by atoms with E-state index in [1.165, 1.54) is 109 Å². The Morgan fingerprint density at radius 1 is 0.365 bits per heavy atom. The van der Waals surface area contributed by atoms with E-state index in [4.69, 9.17) is 37.0 Å². The molecule has 0 radical (unpaired) electrons. The summed E-state index contributed by atoms with van der Waals surface area (Å²) in [5.41, 5.74) is 0. The number of ether oxygens (including phenoxy) is 4. The highest BCUT2D eigenvalue weighted by molar-refractivity contribution is 7.47. The standard InChI is InChI=1S/C66H124O17P2/c1-6-9-12-15-18-20-22-24-25-26-28-30-36-41-46-51-65(70)82-62(56-77-64(69)50-45-40-35-29-27-23-21-19-16-13-10-7-2)58-81-85(74,75)79-54-60(67)53-78-84(72,73)80-57-61(55-76-63(68)49-44-39-33-17-14-11-8-3)83-66(71)52-47-42-37-32-31-34-38-43-48-59(4)5/h20,22,24-25,59-62,67H,6-19,21,23,26-58H2,1-5H3,(H,72,73)(H,74,75)/b22-20-,25-24-/t60-,61+,62+/m0/s1. The van der Waals surface area contributed by atoms with Crippen LogP contribution in [0.25, 0.3) is 0 Å². The summed E-state index contributed by atoms with van der Waals surface area (Å²) in [6.07, 6.45) is 46.7. The van der Waals surface area contributed by atoms with Gasteiger partial charge in [-0.15, -0.1) is 0 Å². The maximum atomic E-state index is 13.0. The Kier molecular flexibility index (Phi) is 57.5. The molecule has 0 saturated carbocycles. The summed E-state index contributed by atoms with van der Waals surface area (Å²) in [4.78, 5) is 72.2. The van der Waals surface area contributed by atoms with Gasteiger partial charge in [0.05, 0.1) is 26.4 Å². The zero-order chi connectivity index (χ0) is 62.8. The Morgan fingerprint density at radius 2 is 0.635 bits per heavy atom. The van der Waals surface area contributed by atoms with Crippen LogP contribution in [0, 0.1) is 5.92 Å². The number of aliphatic hydroxyl groups excluding tert-OH is 1. The van der Waals surface area contributed by atoms with Gasteiger partial charge < -0.3 is 33.8 Å². The van der Waals surface area contributed by atoms with Crippen molar-refractivity contribution < 1.29 is 80.2 Å². The normalized spacial score (nSPS) is 14.4. The second kappa shape index (κ2) is 59.2. The first kappa shape index (κ1) is 82.5. The minimum atomic E-state index is -4.95. The average molecular weight is 1250 g/mol. The quantitative estimate of drug-likeness (QED) is 0.0169. The van der Waals surface area contributed by atoms with Crippen LogP contribution in [-0.4, -0.2) is 96.7 Å². The van der Waals surface area contributed by atoms with Crippen LogP contribution in [0.5, 0.6) is 0 Å².